The van der Waals surface area contributed by atoms with Crippen molar-refractivity contribution in [2.75, 3.05) is 38.2 Å². The van der Waals surface area contributed by atoms with Crippen LogP contribution in [0.25, 0.3) is 16.8 Å². The number of benzene rings is 3. The molecule has 3 aromatic rings. The fraction of sp³-hybridized carbons (Fsp3) is 0.200. The molecule has 3 aromatic carbocycles. The highest BCUT2D eigenvalue weighted by Crippen LogP contribution is 2.30. The zero-order valence-electron chi connectivity index (χ0n) is 17.2. The largest absolute Gasteiger partial charge is 0.496 e. The Morgan fingerprint density at radius 3 is 2.45 bits per heavy atom. The Balaban J connectivity index is 1.58. The van der Waals surface area contributed by atoms with Crippen LogP contribution in [0, 0.1) is 17.1 Å². The van der Waals surface area contributed by atoms with Crippen LogP contribution in [0.2, 0.25) is 0 Å². The molecule has 1 amide bonds. The highest BCUT2D eigenvalue weighted by molar-refractivity contribution is 6.05. The van der Waals surface area contributed by atoms with E-state index >= 15 is 0 Å². The van der Waals surface area contributed by atoms with E-state index in [2.05, 4.69) is 6.07 Å². The molecule has 0 radical (unpaired) electrons. The third-order valence-corrected chi connectivity index (χ3v) is 5.55. The second kappa shape index (κ2) is 8.88. The minimum atomic E-state index is -0.328. The van der Waals surface area contributed by atoms with Crippen LogP contribution < -0.4 is 9.64 Å². The molecule has 1 fully saturated rings. The Bertz CT molecular complexity index is 1190. The Hall–Kier alpha value is -3.85. The lowest BCUT2D eigenvalue weighted by Crippen LogP contribution is -2.49. The number of amides is 1. The molecule has 0 aliphatic carbocycles. The van der Waals surface area contributed by atoms with Crippen LogP contribution >= 0.6 is 0 Å². The van der Waals surface area contributed by atoms with E-state index in [1.165, 1.54) is 6.07 Å². The van der Waals surface area contributed by atoms with Crippen LogP contribution in [0.3, 0.4) is 0 Å². The predicted octanol–water partition coefficient (Wildman–Crippen LogP) is 4.24. The van der Waals surface area contributed by atoms with Crippen LogP contribution in [0.15, 0.2) is 66.2 Å². The fourth-order valence-electron chi connectivity index (χ4n) is 3.92. The van der Waals surface area contributed by atoms with Crippen molar-refractivity contribution in [3.05, 3.63) is 77.6 Å². The van der Waals surface area contributed by atoms with Crippen molar-refractivity contribution < 1.29 is 13.9 Å². The Morgan fingerprint density at radius 1 is 1.03 bits per heavy atom. The van der Waals surface area contributed by atoms with Gasteiger partial charge in [-0.25, -0.2) is 4.39 Å². The number of halogens is 1. The molecule has 1 heterocycles. The maximum atomic E-state index is 14.1. The van der Waals surface area contributed by atoms with Gasteiger partial charge in [-0.15, -0.1) is 0 Å². The molecule has 156 valence electrons. The molecular formula is C25H22FN3O2. The number of hydrogen-bond donors (Lipinski definition) is 0. The third-order valence-electron chi connectivity index (χ3n) is 5.55. The SMILES string of the molecule is COc1ccc2ccccc2c1/C=C(\C#N)C(=O)N1CCN(c2ccccc2F)CC1. The van der Waals surface area contributed by atoms with Crippen LogP contribution in [-0.2, 0) is 4.79 Å². The highest BCUT2D eigenvalue weighted by Gasteiger charge is 2.25. The predicted molar refractivity (Wildman–Crippen MR) is 119 cm³/mol. The Morgan fingerprint density at radius 2 is 1.74 bits per heavy atom. The first kappa shape index (κ1) is 20.4. The van der Waals surface area contributed by atoms with Gasteiger partial charge in [0.15, 0.2) is 0 Å². The molecule has 1 aliphatic rings. The van der Waals surface area contributed by atoms with Gasteiger partial charge in [-0.1, -0.05) is 42.5 Å². The van der Waals surface area contributed by atoms with Gasteiger partial charge in [0.25, 0.3) is 5.91 Å². The number of piperazine rings is 1. The van der Waals surface area contributed by atoms with Crippen molar-refractivity contribution in [1.82, 2.24) is 4.90 Å². The lowest BCUT2D eigenvalue weighted by atomic mass is 10.0. The summed E-state index contributed by atoms with van der Waals surface area (Å²) in [6, 6.07) is 20.2. The number of nitriles is 1. The van der Waals surface area contributed by atoms with Gasteiger partial charge >= 0.3 is 0 Å². The zero-order valence-corrected chi connectivity index (χ0v) is 17.2. The summed E-state index contributed by atoms with van der Waals surface area (Å²) in [5.41, 5.74) is 1.29. The average Bonchev–Trinajstić information content (AvgIpc) is 2.82. The summed E-state index contributed by atoms with van der Waals surface area (Å²) >= 11 is 0. The molecule has 1 aliphatic heterocycles. The van der Waals surface area contributed by atoms with Crippen LogP contribution in [-0.4, -0.2) is 44.1 Å². The lowest BCUT2D eigenvalue weighted by Gasteiger charge is -2.36. The van der Waals surface area contributed by atoms with Gasteiger partial charge in [0.05, 0.1) is 12.8 Å². The van der Waals surface area contributed by atoms with Crippen molar-refractivity contribution >= 4 is 28.4 Å². The van der Waals surface area contributed by atoms with E-state index < -0.39 is 0 Å². The normalized spacial score (nSPS) is 14.4. The summed E-state index contributed by atoms with van der Waals surface area (Å²) in [7, 11) is 1.57. The molecule has 0 bridgehead atoms. The number of methoxy groups -OCH3 is 1. The molecule has 0 unspecified atom stereocenters. The first-order valence-corrected chi connectivity index (χ1v) is 10.1. The second-order valence-corrected chi connectivity index (χ2v) is 7.30. The van der Waals surface area contributed by atoms with Gasteiger partial charge in [-0.2, -0.15) is 5.26 Å². The number of nitrogens with zero attached hydrogens (tertiary/aromatic N) is 3. The molecule has 6 heteroatoms. The summed E-state index contributed by atoms with van der Waals surface area (Å²) in [6.07, 6.45) is 1.60. The van der Waals surface area contributed by atoms with Crippen molar-refractivity contribution in [3.8, 4) is 11.8 Å². The summed E-state index contributed by atoms with van der Waals surface area (Å²) < 4.78 is 19.5. The molecule has 5 nitrogen and oxygen atoms in total. The van der Waals surface area contributed by atoms with Gasteiger partial charge < -0.3 is 14.5 Å². The standard InChI is InChI=1S/C25H22FN3O2/c1-31-24-11-10-18-6-2-3-7-20(18)21(24)16-19(17-27)25(30)29-14-12-28(13-15-29)23-9-5-4-8-22(23)26/h2-11,16H,12-15H2,1H3/b19-16+. The number of anilines is 1. The first-order valence-electron chi connectivity index (χ1n) is 10.1. The third kappa shape index (κ3) is 4.08. The van der Waals surface area contributed by atoms with Gasteiger partial charge in [0.1, 0.15) is 23.2 Å². The van der Waals surface area contributed by atoms with Gasteiger partial charge in [0, 0.05) is 31.7 Å². The van der Waals surface area contributed by atoms with Crippen molar-refractivity contribution in [2.45, 2.75) is 0 Å². The number of para-hydroxylation sites is 1. The molecular weight excluding hydrogens is 393 g/mol. The van der Waals surface area contributed by atoms with Crippen LogP contribution in [0.1, 0.15) is 5.56 Å². The van der Waals surface area contributed by atoms with Crippen LogP contribution in [0.5, 0.6) is 5.75 Å². The Kier molecular flexibility index (Phi) is 5.85. The average molecular weight is 415 g/mol. The Labute approximate surface area is 180 Å². The van der Waals surface area contributed by atoms with Crippen molar-refractivity contribution in [2.24, 2.45) is 0 Å². The van der Waals surface area contributed by atoms with Gasteiger partial charge in [-0.3, -0.25) is 4.79 Å². The highest BCUT2D eigenvalue weighted by atomic mass is 19.1. The molecule has 0 aromatic heterocycles. The zero-order chi connectivity index (χ0) is 21.8. The maximum Gasteiger partial charge on any atom is 0.264 e. The van der Waals surface area contributed by atoms with Crippen molar-refractivity contribution in [3.63, 3.8) is 0 Å². The van der Waals surface area contributed by atoms with Gasteiger partial charge in [0.2, 0.25) is 0 Å². The van der Waals surface area contributed by atoms with E-state index in [-0.39, 0.29) is 17.3 Å². The molecule has 0 atom stereocenters. The molecule has 0 saturated carbocycles. The molecule has 4 rings (SSSR count). The summed E-state index contributed by atoms with van der Waals surface area (Å²) in [4.78, 5) is 16.6. The minimum Gasteiger partial charge on any atom is -0.496 e. The fourth-order valence-corrected chi connectivity index (χ4v) is 3.92. The molecule has 31 heavy (non-hydrogen) atoms. The lowest BCUT2D eigenvalue weighted by molar-refractivity contribution is -0.126. The molecule has 0 spiro atoms. The van der Waals surface area contributed by atoms with E-state index in [0.29, 0.717) is 43.2 Å². The number of rotatable bonds is 4. The minimum absolute atomic E-state index is 0.0500. The second-order valence-electron chi connectivity index (χ2n) is 7.30. The number of hydrogen-bond acceptors (Lipinski definition) is 4. The van der Waals surface area contributed by atoms with E-state index in [9.17, 15) is 14.4 Å². The molecule has 1 saturated heterocycles. The quantitative estimate of drug-likeness (QED) is 0.472. The summed E-state index contributed by atoms with van der Waals surface area (Å²) in [6.45, 7) is 1.84. The van der Waals surface area contributed by atoms with E-state index in [0.717, 1.165) is 10.8 Å². The maximum absolute atomic E-state index is 14.1. The van der Waals surface area contributed by atoms with Crippen LogP contribution in [0.4, 0.5) is 10.1 Å². The number of carbonyl (C=O) groups is 1. The monoisotopic (exact) mass is 415 g/mol. The van der Waals surface area contributed by atoms with Crippen molar-refractivity contribution in [1.29, 1.82) is 5.26 Å². The van der Waals surface area contributed by atoms with E-state index in [4.69, 9.17) is 4.74 Å². The number of ether oxygens (including phenoxy) is 1. The molecule has 0 N–H and O–H groups in total. The van der Waals surface area contributed by atoms with Gasteiger partial charge in [-0.05, 0) is 35.0 Å². The van der Waals surface area contributed by atoms with E-state index in [1.54, 1.807) is 36.3 Å². The van der Waals surface area contributed by atoms with E-state index in [1.807, 2.05) is 41.3 Å². The summed E-state index contributed by atoms with van der Waals surface area (Å²) in [5, 5.41) is 11.6. The summed E-state index contributed by atoms with van der Waals surface area (Å²) in [5.74, 6) is -0.00256. The topological polar surface area (TPSA) is 56.6 Å². The number of fused-ring (bicyclic) bond motifs is 1. The number of carbonyl (C=O) groups excluding carboxylic acids is 1. The smallest absolute Gasteiger partial charge is 0.264 e. The first-order chi connectivity index (χ1) is 15.1.